The number of ether oxygens (including phenoxy) is 1. The summed E-state index contributed by atoms with van der Waals surface area (Å²) in [4.78, 5) is 21.4. The minimum atomic E-state index is -0.462. The van der Waals surface area contributed by atoms with Gasteiger partial charge in [0, 0.05) is 18.1 Å². The number of hydrogen-bond donors (Lipinski definition) is 0. The van der Waals surface area contributed by atoms with E-state index in [-0.39, 0.29) is 24.0 Å². The number of aryl methyl sites for hydroxylation is 1. The Morgan fingerprint density at radius 3 is 2.59 bits per heavy atom. The summed E-state index contributed by atoms with van der Waals surface area (Å²) in [5.74, 6) is 0.431. The van der Waals surface area contributed by atoms with Crippen molar-refractivity contribution in [3.63, 3.8) is 0 Å². The van der Waals surface area contributed by atoms with Crippen molar-refractivity contribution >= 4 is 11.5 Å². The van der Waals surface area contributed by atoms with Crippen molar-refractivity contribution in [2.24, 2.45) is 5.92 Å². The molecule has 0 atom stereocenters. The Hall–Kier alpha value is -1.91. The predicted molar refractivity (Wildman–Crippen MR) is 63.2 cm³/mol. The van der Waals surface area contributed by atoms with Crippen molar-refractivity contribution in [1.29, 1.82) is 0 Å². The molecule has 5 nitrogen and oxygen atoms in total. The van der Waals surface area contributed by atoms with Crippen molar-refractivity contribution in [3.8, 4) is 5.75 Å². The number of carbonyl (C=O) groups is 1. The maximum absolute atomic E-state index is 11.4. The molecular formula is C12H15NO4. The van der Waals surface area contributed by atoms with Gasteiger partial charge in [0.05, 0.1) is 4.92 Å². The zero-order valence-corrected chi connectivity index (χ0v) is 10.1. The number of Topliss-reactive ketones (excluding diaryl/α,β-unsaturated/α-hetero) is 1. The van der Waals surface area contributed by atoms with Gasteiger partial charge >= 0.3 is 0 Å². The molecule has 0 aliphatic rings. The predicted octanol–water partition coefficient (Wildman–Crippen LogP) is 2.51. The fourth-order valence-electron chi connectivity index (χ4n) is 1.22. The normalized spacial score (nSPS) is 10.4. The Bertz CT molecular complexity index is 440. The number of ketones is 1. The molecule has 0 saturated heterocycles. The fraction of sp³-hybridized carbons (Fsp3) is 0.417. The molecule has 0 bridgehead atoms. The molecule has 0 N–H and O–H groups in total. The first-order valence-corrected chi connectivity index (χ1v) is 5.32. The summed E-state index contributed by atoms with van der Waals surface area (Å²) in [6.07, 6.45) is 0. The number of nitrogens with zero attached hydrogens (tertiary/aromatic N) is 1. The van der Waals surface area contributed by atoms with Crippen LogP contribution in [0, 0.1) is 23.0 Å². The van der Waals surface area contributed by atoms with Crippen LogP contribution < -0.4 is 4.74 Å². The third kappa shape index (κ3) is 3.55. The maximum atomic E-state index is 11.4. The van der Waals surface area contributed by atoms with E-state index >= 15 is 0 Å². The highest BCUT2D eigenvalue weighted by atomic mass is 16.6. The van der Waals surface area contributed by atoms with Crippen LogP contribution in [-0.2, 0) is 4.79 Å². The summed E-state index contributed by atoms with van der Waals surface area (Å²) in [6, 6.07) is 4.30. The van der Waals surface area contributed by atoms with Gasteiger partial charge in [-0.05, 0) is 18.6 Å². The van der Waals surface area contributed by atoms with Crippen LogP contribution in [0.1, 0.15) is 19.4 Å². The molecule has 0 aliphatic carbocycles. The number of nitro groups is 1. The molecule has 0 spiro atoms. The molecule has 0 amide bonds. The first kappa shape index (κ1) is 13.2. The number of nitro benzene ring substituents is 1. The average Bonchev–Trinajstić information content (AvgIpc) is 2.26. The van der Waals surface area contributed by atoms with Crippen LogP contribution in [0.5, 0.6) is 5.75 Å². The minimum Gasteiger partial charge on any atom is -0.486 e. The lowest BCUT2D eigenvalue weighted by Crippen LogP contribution is -2.17. The summed E-state index contributed by atoms with van der Waals surface area (Å²) in [5.41, 5.74) is 0.667. The smallest absolute Gasteiger partial charge is 0.269 e. The van der Waals surface area contributed by atoms with Crippen molar-refractivity contribution in [3.05, 3.63) is 33.9 Å². The van der Waals surface area contributed by atoms with Crippen molar-refractivity contribution < 1.29 is 14.5 Å². The molecule has 1 aromatic rings. The number of rotatable bonds is 5. The molecule has 0 heterocycles. The molecule has 5 heteroatoms. The monoisotopic (exact) mass is 237 g/mol. The summed E-state index contributed by atoms with van der Waals surface area (Å²) in [5, 5.41) is 10.5. The average molecular weight is 237 g/mol. The van der Waals surface area contributed by atoms with Gasteiger partial charge in [-0.3, -0.25) is 14.9 Å². The first-order chi connectivity index (χ1) is 7.91. The van der Waals surface area contributed by atoms with Crippen LogP contribution in [0.2, 0.25) is 0 Å². The van der Waals surface area contributed by atoms with E-state index in [1.54, 1.807) is 20.8 Å². The Kier molecular flexibility index (Phi) is 4.20. The molecule has 0 fully saturated rings. The van der Waals surface area contributed by atoms with E-state index in [0.717, 1.165) is 0 Å². The second-order valence-electron chi connectivity index (χ2n) is 4.12. The van der Waals surface area contributed by atoms with Gasteiger partial charge in [0.1, 0.15) is 12.4 Å². The molecule has 0 aromatic heterocycles. The van der Waals surface area contributed by atoms with Gasteiger partial charge in [-0.15, -0.1) is 0 Å². The summed E-state index contributed by atoms with van der Waals surface area (Å²) >= 11 is 0. The van der Waals surface area contributed by atoms with Gasteiger partial charge in [-0.25, -0.2) is 0 Å². The highest BCUT2D eigenvalue weighted by molar-refractivity contribution is 5.81. The molecule has 17 heavy (non-hydrogen) atoms. The minimum absolute atomic E-state index is 0.00255. The largest absolute Gasteiger partial charge is 0.486 e. The number of carbonyl (C=O) groups excluding carboxylic acids is 1. The van der Waals surface area contributed by atoms with Gasteiger partial charge in [0.15, 0.2) is 5.78 Å². The summed E-state index contributed by atoms with van der Waals surface area (Å²) in [6.45, 7) is 5.31. The highest BCUT2D eigenvalue weighted by Gasteiger charge is 2.11. The molecule has 0 saturated carbocycles. The molecule has 0 radical (unpaired) electrons. The molecule has 92 valence electrons. The molecule has 1 rings (SSSR count). The lowest BCUT2D eigenvalue weighted by Gasteiger charge is -2.09. The van der Waals surface area contributed by atoms with E-state index in [1.807, 2.05) is 0 Å². The first-order valence-electron chi connectivity index (χ1n) is 5.32. The van der Waals surface area contributed by atoms with Crippen LogP contribution in [0.25, 0.3) is 0 Å². The Labute approximate surface area is 99.5 Å². The van der Waals surface area contributed by atoms with Crippen LogP contribution in [-0.4, -0.2) is 17.3 Å². The van der Waals surface area contributed by atoms with Crippen LogP contribution in [0.3, 0.4) is 0 Å². The number of hydrogen-bond acceptors (Lipinski definition) is 4. The summed E-state index contributed by atoms with van der Waals surface area (Å²) < 4.78 is 5.32. The molecule has 0 aliphatic heterocycles. The molecular weight excluding hydrogens is 222 g/mol. The Balaban J connectivity index is 2.73. The standard InChI is InChI=1S/C12H15NO4/c1-8(2)11(14)7-17-12-5-4-10(13(15)16)6-9(12)3/h4-6,8H,7H2,1-3H3. The zero-order valence-electron chi connectivity index (χ0n) is 10.1. The molecule has 1 aromatic carbocycles. The number of benzene rings is 1. The zero-order chi connectivity index (χ0) is 13.0. The topological polar surface area (TPSA) is 69.4 Å². The van der Waals surface area contributed by atoms with Crippen LogP contribution in [0.4, 0.5) is 5.69 Å². The highest BCUT2D eigenvalue weighted by Crippen LogP contribution is 2.23. The third-order valence-corrected chi connectivity index (χ3v) is 2.38. The Morgan fingerprint density at radius 1 is 1.47 bits per heavy atom. The van der Waals surface area contributed by atoms with E-state index in [4.69, 9.17) is 4.74 Å². The lowest BCUT2D eigenvalue weighted by molar-refractivity contribution is -0.384. The Morgan fingerprint density at radius 2 is 2.12 bits per heavy atom. The van der Waals surface area contributed by atoms with Gasteiger partial charge < -0.3 is 4.74 Å². The third-order valence-electron chi connectivity index (χ3n) is 2.38. The van der Waals surface area contributed by atoms with Gasteiger partial charge in [0.25, 0.3) is 5.69 Å². The van der Waals surface area contributed by atoms with Gasteiger partial charge in [0.2, 0.25) is 0 Å². The maximum Gasteiger partial charge on any atom is 0.269 e. The van der Waals surface area contributed by atoms with Gasteiger partial charge in [-0.2, -0.15) is 0 Å². The van der Waals surface area contributed by atoms with Crippen molar-refractivity contribution in [2.75, 3.05) is 6.61 Å². The second kappa shape index (κ2) is 5.43. The number of non-ortho nitro benzene ring substituents is 1. The van der Waals surface area contributed by atoms with E-state index in [1.165, 1.54) is 18.2 Å². The second-order valence-corrected chi connectivity index (χ2v) is 4.12. The van der Waals surface area contributed by atoms with E-state index in [0.29, 0.717) is 11.3 Å². The van der Waals surface area contributed by atoms with E-state index < -0.39 is 4.92 Å². The van der Waals surface area contributed by atoms with E-state index in [9.17, 15) is 14.9 Å². The van der Waals surface area contributed by atoms with Crippen LogP contribution in [0.15, 0.2) is 18.2 Å². The van der Waals surface area contributed by atoms with Crippen molar-refractivity contribution in [1.82, 2.24) is 0 Å². The van der Waals surface area contributed by atoms with Gasteiger partial charge in [-0.1, -0.05) is 13.8 Å². The molecule has 0 unspecified atom stereocenters. The SMILES string of the molecule is Cc1cc([N+](=O)[O-])ccc1OCC(=O)C(C)C. The quantitative estimate of drug-likeness (QED) is 0.582. The van der Waals surface area contributed by atoms with Crippen LogP contribution >= 0.6 is 0 Å². The fourth-order valence-corrected chi connectivity index (χ4v) is 1.22. The van der Waals surface area contributed by atoms with Crippen molar-refractivity contribution in [2.45, 2.75) is 20.8 Å². The lowest BCUT2D eigenvalue weighted by atomic mass is 10.1. The summed E-state index contributed by atoms with van der Waals surface area (Å²) in [7, 11) is 0. The van der Waals surface area contributed by atoms with E-state index in [2.05, 4.69) is 0 Å².